The smallest absolute Gasteiger partial charge is 0.129 e. The van der Waals surface area contributed by atoms with Gasteiger partial charge in [0, 0.05) is 22.9 Å². The lowest BCUT2D eigenvalue weighted by Gasteiger charge is -2.28. The SMILES string of the molecule is CC(C)(C)c1cc(-c2ccc(Cl)nc2)cc(C(C)(C)C)c1O. The van der Waals surface area contributed by atoms with Crippen LogP contribution in [0.25, 0.3) is 11.1 Å². The van der Waals surface area contributed by atoms with Crippen LogP contribution in [-0.4, -0.2) is 10.1 Å². The summed E-state index contributed by atoms with van der Waals surface area (Å²) >= 11 is 5.88. The predicted molar refractivity (Wildman–Crippen MR) is 93.7 cm³/mol. The fourth-order valence-electron chi connectivity index (χ4n) is 2.49. The number of phenolic OH excluding ortho intramolecular Hbond substituents is 1. The number of pyridine rings is 1. The molecule has 0 radical (unpaired) electrons. The molecule has 0 aliphatic heterocycles. The van der Waals surface area contributed by atoms with Gasteiger partial charge in [-0.1, -0.05) is 53.1 Å². The molecule has 0 saturated carbocycles. The average molecular weight is 318 g/mol. The van der Waals surface area contributed by atoms with Crippen LogP contribution < -0.4 is 0 Å². The maximum atomic E-state index is 10.7. The molecule has 2 nitrogen and oxygen atoms in total. The summed E-state index contributed by atoms with van der Waals surface area (Å²) in [6.45, 7) is 12.7. The molecule has 1 aromatic carbocycles. The molecule has 1 heterocycles. The first-order valence-electron chi connectivity index (χ1n) is 7.50. The number of rotatable bonds is 1. The van der Waals surface area contributed by atoms with E-state index >= 15 is 0 Å². The molecule has 0 saturated heterocycles. The van der Waals surface area contributed by atoms with Crippen LogP contribution in [-0.2, 0) is 10.8 Å². The normalized spacial score (nSPS) is 12.5. The zero-order valence-corrected chi connectivity index (χ0v) is 14.9. The summed E-state index contributed by atoms with van der Waals surface area (Å²) in [6.07, 6.45) is 1.77. The number of nitrogens with zero attached hydrogens (tertiary/aromatic N) is 1. The maximum Gasteiger partial charge on any atom is 0.129 e. The lowest BCUT2D eigenvalue weighted by atomic mass is 9.78. The Morgan fingerprint density at radius 2 is 1.36 bits per heavy atom. The van der Waals surface area contributed by atoms with E-state index in [1.807, 2.05) is 6.07 Å². The summed E-state index contributed by atoms with van der Waals surface area (Å²) in [5, 5.41) is 11.2. The van der Waals surface area contributed by atoms with Crippen molar-refractivity contribution in [2.75, 3.05) is 0 Å². The van der Waals surface area contributed by atoms with Gasteiger partial charge in [0.25, 0.3) is 0 Å². The largest absolute Gasteiger partial charge is 0.507 e. The van der Waals surface area contributed by atoms with E-state index in [0.717, 1.165) is 22.3 Å². The summed E-state index contributed by atoms with van der Waals surface area (Å²) < 4.78 is 0. The van der Waals surface area contributed by atoms with Gasteiger partial charge >= 0.3 is 0 Å². The van der Waals surface area contributed by atoms with Gasteiger partial charge in [-0.05, 0) is 40.7 Å². The Balaban J connectivity index is 2.73. The summed E-state index contributed by atoms with van der Waals surface area (Å²) in [5.74, 6) is 0.394. The summed E-state index contributed by atoms with van der Waals surface area (Å²) in [4.78, 5) is 4.16. The second-order valence-corrected chi connectivity index (χ2v) is 8.18. The molecule has 0 amide bonds. The molecule has 0 aliphatic rings. The fraction of sp³-hybridized carbons (Fsp3) is 0.421. The molecule has 1 aromatic heterocycles. The van der Waals surface area contributed by atoms with Crippen LogP contribution >= 0.6 is 11.6 Å². The molecule has 0 bridgehead atoms. The van der Waals surface area contributed by atoms with Crippen LogP contribution in [0, 0.1) is 0 Å². The fourth-order valence-corrected chi connectivity index (χ4v) is 2.60. The van der Waals surface area contributed by atoms with E-state index in [0.29, 0.717) is 10.9 Å². The van der Waals surface area contributed by atoms with E-state index in [-0.39, 0.29) is 10.8 Å². The first-order chi connectivity index (χ1) is 10.00. The van der Waals surface area contributed by atoms with Crippen molar-refractivity contribution in [3.05, 3.63) is 46.7 Å². The highest BCUT2D eigenvalue weighted by Crippen LogP contribution is 2.41. The Morgan fingerprint density at radius 1 is 0.864 bits per heavy atom. The molecular weight excluding hydrogens is 294 g/mol. The highest BCUT2D eigenvalue weighted by molar-refractivity contribution is 6.29. The highest BCUT2D eigenvalue weighted by atomic mass is 35.5. The topological polar surface area (TPSA) is 33.1 Å². The molecule has 0 atom stereocenters. The minimum absolute atomic E-state index is 0.139. The standard InChI is InChI=1S/C19H24ClNO/c1-18(2,3)14-9-13(12-7-8-16(20)21-11-12)10-15(17(14)22)19(4,5)6/h7-11,22H,1-6H3. The van der Waals surface area contributed by atoms with Gasteiger partial charge in [0.15, 0.2) is 0 Å². The molecule has 0 aliphatic carbocycles. The van der Waals surface area contributed by atoms with Crippen molar-refractivity contribution in [3.63, 3.8) is 0 Å². The molecule has 2 rings (SSSR count). The van der Waals surface area contributed by atoms with Crippen LogP contribution in [0.1, 0.15) is 52.7 Å². The molecule has 1 N–H and O–H groups in total. The Hall–Kier alpha value is -1.54. The van der Waals surface area contributed by atoms with Gasteiger partial charge in [0.2, 0.25) is 0 Å². The van der Waals surface area contributed by atoms with E-state index in [2.05, 4.69) is 58.7 Å². The highest BCUT2D eigenvalue weighted by Gasteiger charge is 2.26. The van der Waals surface area contributed by atoms with Crippen LogP contribution in [0.15, 0.2) is 30.5 Å². The van der Waals surface area contributed by atoms with Gasteiger partial charge in [-0.25, -0.2) is 4.98 Å². The number of aromatic hydroxyl groups is 1. The van der Waals surface area contributed by atoms with Gasteiger partial charge in [0.1, 0.15) is 10.9 Å². The maximum absolute atomic E-state index is 10.7. The van der Waals surface area contributed by atoms with Crippen LogP contribution in [0.3, 0.4) is 0 Å². The van der Waals surface area contributed by atoms with Crippen molar-refractivity contribution in [1.82, 2.24) is 4.98 Å². The number of hydrogen-bond donors (Lipinski definition) is 1. The summed E-state index contributed by atoms with van der Waals surface area (Å²) in [7, 11) is 0. The Morgan fingerprint density at radius 3 is 1.73 bits per heavy atom. The number of aromatic nitrogens is 1. The third kappa shape index (κ3) is 3.44. The lowest BCUT2D eigenvalue weighted by Crippen LogP contribution is -2.17. The molecule has 118 valence electrons. The summed E-state index contributed by atoms with van der Waals surface area (Å²) in [6, 6.07) is 7.85. The van der Waals surface area contributed by atoms with E-state index in [9.17, 15) is 5.11 Å². The molecule has 3 heteroatoms. The molecule has 0 fully saturated rings. The molecule has 2 aromatic rings. The van der Waals surface area contributed by atoms with Crippen LogP contribution in [0.5, 0.6) is 5.75 Å². The van der Waals surface area contributed by atoms with E-state index in [1.54, 1.807) is 12.3 Å². The lowest BCUT2D eigenvalue weighted by molar-refractivity contribution is 0.423. The van der Waals surface area contributed by atoms with Crippen molar-refractivity contribution in [3.8, 4) is 16.9 Å². The van der Waals surface area contributed by atoms with Gasteiger partial charge < -0.3 is 5.11 Å². The molecule has 0 spiro atoms. The zero-order chi connectivity index (χ0) is 16.7. The molecule has 0 unspecified atom stereocenters. The minimum Gasteiger partial charge on any atom is -0.507 e. The van der Waals surface area contributed by atoms with E-state index in [1.165, 1.54) is 0 Å². The van der Waals surface area contributed by atoms with Crippen LogP contribution in [0.2, 0.25) is 5.15 Å². The van der Waals surface area contributed by atoms with Gasteiger partial charge in [0.05, 0.1) is 0 Å². The zero-order valence-electron chi connectivity index (χ0n) is 14.2. The average Bonchev–Trinajstić information content (AvgIpc) is 2.37. The number of hydrogen-bond acceptors (Lipinski definition) is 2. The second-order valence-electron chi connectivity index (χ2n) is 7.79. The minimum atomic E-state index is -0.139. The van der Waals surface area contributed by atoms with Gasteiger partial charge in [-0.3, -0.25) is 0 Å². The first-order valence-corrected chi connectivity index (χ1v) is 7.88. The number of benzene rings is 1. The van der Waals surface area contributed by atoms with Gasteiger partial charge in [-0.2, -0.15) is 0 Å². The number of phenols is 1. The monoisotopic (exact) mass is 317 g/mol. The molecular formula is C19H24ClNO. The van der Waals surface area contributed by atoms with Crippen molar-refractivity contribution >= 4 is 11.6 Å². The van der Waals surface area contributed by atoms with E-state index < -0.39 is 0 Å². The Kier molecular flexibility index (Phi) is 4.27. The second kappa shape index (κ2) is 5.58. The van der Waals surface area contributed by atoms with Crippen molar-refractivity contribution in [1.29, 1.82) is 0 Å². The van der Waals surface area contributed by atoms with Crippen molar-refractivity contribution in [2.45, 2.75) is 52.4 Å². The third-order valence-electron chi connectivity index (χ3n) is 3.79. The Bertz CT molecular complexity index is 641. The third-order valence-corrected chi connectivity index (χ3v) is 4.01. The predicted octanol–water partition coefficient (Wildman–Crippen LogP) is 5.70. The first kappa shape index (κ1) is 16.8. The van der Waals surface area contributed by atoms with Crippen LogP contribution in [0.4, 0.5) is 0 Å². The van der Waals surface area contributed by atoms with Crippen molar-refractivity contribution < 1.29 is 5.11 Å². The molecule has 22 heavy (non-hydrogen) atoms. The summed E-state index contributed by atoms with van der Waals surface area (Å²) in [5.41, 5.74) is 3.67. The quantitative estimate of drug-likeness (QED) is 0.684. The van der Waals surface area contributed by atoms with E-state index in [4.69, 9.17) is 11.6 Å². The Labute approximate surface area is 138 Å². The van der Waals surface area contributed by atoms with Gasteiger partial charge in [-0.15, -0.1) is 0 Å². The number of halogens is 1. The van der Waals surface area contributed by atoms with Crippen molar-refractivity contribution in [2.24, 2.45) is 0 Å².